The van der Waals surface area contributed by atoms with E-state index in [-0.39, 0.29) is 11.3 Å². The molecule has 4 heteroatoms. The second kappa shape index (κ2) is 6.52. The fourth-order valence-electron chi connectivity index (χ4n) is 4.33. The van der Waals surface area contributed by atoms with Crippen LogP contribution in [0.4, 0.5) is 0 Å². The van der Waals surface area contributed by atoms with Crippen molar-refractivity contribution in [2.45, 2.75) is 62.3 Å². The molecule has 0 spiro atoms. The molecule has 0 atom stereocenters. The molecule has 0 aliphatic heterocycles. The number of amides is 1. The SMILES string of the molecule is COc1ccccc1C1(CNC(=O)C2(N)CCCC2)CCCC1. The molecule has 3 N–H and O–H groups in total. The van der Waals surface area contributed by atoms with Crippen molar-refractivity contribution in [2.75, 3.05) is 13.7 Å². The number of hydrogen-bond donors (Lipinski definition) is 2. The second-order valence-electron chi connectivity index (χ2n) is 7.23. The Morgan fingerprint density at radius 2 is 1.74 bits per heavy atom. The summed E-state index contributed by atoms with van der Waals surface area (Å²) in [6.07, 6.45) is 8.30. The Morgan fingerprint density at radius 1 is 1.13 bits per heavy atom. The lowest BCUT2D eigenvalue weighted by Crippen LogP contribution is -2.54. The summed E-state index contributed by atoms with van der Waals surface area (Å²) in [5.41, 5.74) is 6.84. The number of rotatable bonds is 5. The van der Waals surface area contributed by atoms with Gasteiger partial charge in [-0.05, 0) is 31.7 Å². The van der Waals surface area contributed by atoms with Crippen molar-refractivity contribution in [1.82, 2.24) is 5.32 Å². The molecule has 2 fully saturated rings. The van der Waals surface area contributed by atoms with E-state index in [0.29, 0.717) is 6.54 Å². The highest BCUT2D eigenvalue weighted by Gasteiger charge is 2.41. The first-order chi connectivity index (χ1) is 11.1. The minimum Gasteiger partial charge on any atom is -0.496 e. The van der Waals surface area contributed by atoms with Crippen LogP contribution in [0.1, 0.15) is 56.9 Å². The van der Waals surface area contributed by atoms with Crippen molar-refractivity contribution in [3.63, 3.8) is 0 Å². The monoisotopic (exact) mass is 316 g/mol. The quantitative estimate of drug-likeness (QED) is 0.878. The van der Waals surface area contributed by atoms with Crippen LogP contribution in [-0.4, -0.2) is 25.1 Å². The maximum Gasteiger partial charge on any atom is 0.240 e. The van der Waals surface area contributed by atoms with Crippen molar-refractivity contribution in [3.05, 3.63) is 29.8 Å². The van der Waals surface area contributed by atoms with Gasteiger partial charge in [-0.3, -0.25) is 4.79 Å². The van der Waals surface area contributed by atoms with Crippen molar-refractivity contribution in [3.8, 4) is 5.75 Å². The normalized spacial score (nSPS) is 22.0. The van der Waals surface area contributed by atoms with Crippen LogP contribution in [0.3, 0.4) is 0 Å². The van der Waals surface area contributed by atoms with E-state index >= 15 is 0 Å². The minimum atomic E-state index is -0.652. The number of methoxy groups -OCH3 is 1. The summed E-state index contributed by atoms with van der Waals surface area (Å²) in [4.78, 5) is 12.6. The topological polar surface area (TPSA) is 64.3 Å². The van der Waals surface area contributed by atoms with Gasteiger partial charge in [0.2, 0.25) is 5.91 Å². The third-order valence-electron chi connectivity index (χ3n) is 5.77. The van der Waals surface area contributed by atoms with Crippen molar-refractivity contribution >= 4 is 5.91 Å². The van der Waals surface area contributed by atoms with Crippen LogP contribution < -0.4 is 15.8 Å². The maximum absolute atomic E-state index is 12.6. The summed E-state index contributed by atoms with van der Waals surface area (Å²) < 4.78 is 5.57. The zero-order valence-corrected chi connectivity index (χ0v) is 14.1. The summed E-state index contributed by atoms with van der Waals surface area (Å²) in [6, 6.07) is 8.21. The van der Waals surface area contributed by atoms with E-state index < -0.39 is 5.54 Å². The number of carbonyl (C=O) groups is 1. The van der Waals surface area contributed by atoms with Gasteiger partial charge in [-0.25, -0.2) is 0 Å². The molecular weight excluding hydrogens is 288 g/mol. The second-order valence-corrected chi connectivity index (χ2v) is 7.23. The van der Waals surface area contributed by atoms with E-state index in [1.807, 2.05) is 12.1 Å². The molecular formula is C19H28N2O2. The van der Waals surface area contributed by atoms with Crippen LogP contribution in [0, 0.1) is 0 Å². The summed E-state index contributed by atoms with van der Waals surface area (Å²) in [5, 5.41) is 3.18. The van der Waals surface area contributed by atoms with Gasteiger partial charge in [0.05, 0.1) is 12.6 Å². The lowest BCUT2D eigenvalue weighted by Gasteiger charge is -2.33. The Morgan fingerprint density at radius 3 is 2.39 bits per heavy atom. The lowest BCUT2D eigenvalue weighted by atomic mass is 9.78. The van der Waals surface area contributed by atoms with Crippen LogP contribution in [0.15, 0.2) is 24.3 Å². The fourth-order valence-corrected chi connectivity index (χ4v) is 4.33. The standard InChI is InChI=1S/C19H28N2O2/c1-23-16-9-3-2-8-15(16)18(10-4-5-11-18)14-21-17(22)19(20)12-6-7-13-19/h2-3,8-9H,4-7,10-14,20H2,1H3,(H,21,22). The third kappa shape index (κ3) is 3.09. The highest BCUT2D eigenvalue weighted by atomic mass is 16.5. The highest BCUT2D eigenvalue weighted by molar-refractivity contribution is 5.86. The molecule has 126 valence electrons. The average Bonchev–Trinajstić information content (AvgIpc) is 3.23. The summed E-state index contributed by atoms with van der Waals surface area (Å²) >= 11 is 0. The molecule has 2 saturated carbocycles. The fraction of sp³-hybridized carbons (Fsp3) is 0.632. The minimum absolute atomic E-state index is 0.0166. The summed E-state index contributed by atoms with van der Waals surface area (Å²) in [5.74, 6) is 0.947. The summed E-state index contributed by atoms with van der Waals surface area (Å²) in [7, 11) is 1.72. The van der Waals surface area contributed by atoms with E-state index in [0.717, 1.165) is 44.3 Å². The van der Waals surface area contributed by atoms with Gasteiger partial charge in [0.15, 0.2) is 0 Å². The van der Waals surface area contributed by atoms with E-state index in [9.17, 15) is 4.79 Å². The third-order valence-corrected chi connectivity index (χ3v) is 5.77. The highest BCUT2D eigenvalue weighted by Crippen LogP contribution is 2.44. The Kier molecular flexibility index (Phi) is 4.62. The Balaban J connectivity index is 1.78. The largest absolute Gasteiger partial charge is 0.496 e. The van der Waals surface area contributed by atoms with Gasteiger partial charge in [0.25, 0.3) is 0 Å². The number of benzene rings is 1. The lowest BCUT2D eigenvalue weighted by molar-refractivity contribution is -0.126. The molecule has 2 aliphatic rings. The Labute approximate surface area is 138 Å². The molecule has 3 rings (SSSR count). The number of carbonyl (C=O) groups excluding carboxylic acids is 1. The number of nitrogens with one attached hydrogen (secondary N) is 1. The van der Waals surface area contributed by atoms with Gasteiger partial charge in [0, 0.05) is 17.5 Å². The zero-order chi connectivity index (χ0) is 16.3. The van der Waals surface area contributed by atoms with Crippen LogP contribution in [-0.2, 0) is 10.2 Å². The molecule has 0 aromatic heterocycles. The molecule has 2 aliphatic carbocycles. The maximum atomic E-state index is 12.6. The first-order valence-electron chi connectivity index (χ1n) is 8.80. The van der Waals surface area contributed by atoms with E-state index in [2.05, 4.69) is 17.4 Å². The molecule has 1 aromatic carbocycles. The van der Waals surface area contributed by atoms with Crippen LogP contribution in [0.25, 0.3) is 0 Å². The number of nitrogens with two attached hydrogens (primary N) is 1. The predicted octanol–water partition coefficient (Wildman–Crippen LogP) is 2.89. The number of hydrogen-bond acceptors (Lipinski definition) is 3. The number of ether oxygens (including phenoxy) is 1. The molecule has 0 heterocycles. The van der Waals surface area contributed by atoms with Gasteiger partial charge < -0.3 is 15.8 Å². The molecule has 0 radical (unpaired) electrons. The van der Waals surface area contributed by atoms with Crippen molar-refractivity contribution in [1.29, 1.82) is 0 Å². The average molecular weight is 316 g/mol. The smallest absolute Gasteiger partial charge is 0.240 e. The molecule has 1 amide bonds. The Hall–Kier alpha value is -1.55. The van der Waals surface area contributed by atoms with E-state index in [4.69, 9.17) is 10.5 Å². The molecule has 0 bridgehead atoms. The van der Waals surface area contributed by atoms with Gasteiger partial charge in [-0.2, -0.15) is 0 Å². The first kappa shape index (κ1) is 16.3. The van der Waals surface area contributed by atoms with Crippen LogP contribution in [0.2, 0.25) is 0 Å². The first-order valence-corrected chi connectivity index (χ1v) is 8.80. The van der Waals surface area contributed by atoms with Gasteiger partial charge >= 0.3 is 0 Å². The van der Waals surface area contributed by atoms with Gasteiger partial charge in [-0.15, -0.1) is 0 Å². The predicted molar refractivity (Wildman–Crippen MR) is 91.5 cm³/mol. The molecule has 0 saturated heterocycles. The van der Waals surface area contributed by atoms with Gasteiger partial charge in [-0.1, -0.05) is 43.9 Å². The van der Waals surface area contributed by atoms with E-state index in [1.54, 1.807) is 7.11 Å². The molecule has 0 unspecified atom stereocenters. The van der Waals surface area contributed by atoms with Crippen molar-refractivity contribution < 1.29 is 9.53 Å². The molecule has 4 nitrogen and oxygen atoms in total. The van der Waals surface area contributed by atoms with Crippen molar-refractivity contribution in [2.24, 2.45) is 5.73 Å². The summed E-state index contributed by atoms with van der Waals surface area (Å²) in [6.45, 7) is 0.658. The molecule has 23 heavy (non-hydrogen) atoms. The van der Waals surface area contributed by atoms with Crippen LogP contribution >= 0.6 is 0 Å². The van der Waals surface area contributed by atoms with E-state index in [1.165, 1.54) is 18.4 Å². The molecule has 1 aromatic rings. The van der Waals surface area contributed by atoms with Gasteiger partial charge in [0.1, 0.15) is 5.75 Å². The Bertz CT molecular complexity index is 558. The van der Waals surface area contributed by atoms with Crippen LogP contribution in [0.5, 0.6) is 5.75 Å². The zero-order valence-electron chi connectivity index (χ0n) is 14.1. The number of para-hydroxylation sites is 1.